The number of sulfone groups is 1. The molecule has 0 saturated heterocycles. The maximum absolute atomic E-state index is 11.3. The molecule has 7 heteroatoms. The molecule has 18 heavy (non-hydrogen) atoms. The van der Waals surface area contributed by atoms with Crippen molar-refractivity contribution in [2.24, 2.45) is 0 Å². The van der Waals surface area contributed by atoms with E-state index in [4.69, 9.17) is 5.73 Å². The van der Waals surface area contributed by atoms with Crippen molar-refractivity contribution < 1.29 is 8.42 Å². The number of thiazole rings is 1. The summed E-state index contributed by atoms with van der Waals surface area (Å²) in [6, 6.07) is 6.87. The van der Waals surface area contributed by atoms with Crippen LogP contribution in [-0.2, 0) is 15.6 Å². The Kier molecular flexibility index (Phi) is 3.94. The van der Waals surface area contributed by atoms with Crippen molar-refractivity contribution >= 4 is 38.1 Å². The Balaban J connectivity index is 2.03. The molecule has 0 spiro atoms. The van der Waals surface area contributed by atoms with Crippen molar-refractivity contribution in [2.75, 3.05) is 12.0 Å². The lowest BCUT2D eigenvalue weighted by Gasteiger charge is -2.01. The fourth-order valence-electron chi connectivity index (χ4n) is 1.33. The third kappa shape index (κ3) is 3.47. The van der Waals surface area contributed by atoms with Gasteiger partial charge in [0.25, 0.3) is 0 Å². The molecule has 2 rings (SSSR count). The summed E-state index contributed by atoms with van der Waals surface area (Å²) >= 11 is 3.09. The van der Waals surface area contributed by atoms with Crippen LogP contribution in [0.3, 0.4) is 0 Å². The fraction of sp³-hybridized carbons (Fsp3) is 0.182. The van der Waals surface area contributed by atoms with Gasteiger partial charge in [0.2, 0.25) is 0 Å². The van der Waals surface area contributed by atoms with Crippen molar-refractivity contribution in [3.63, 3.8) is 0 Å². The van der Waals surface area contributed by atoms with Crippen LogP contribution in [0, 0.1) is 0 Å². The second kappa shape index (κ2) is 5.29. The molecule has 1 aromatic heterocycles. The van der Waals surface area contributed by atoms with E-state index < -0.39 is 9.84 Å². The number of nitrogen functional groups attached to an aromatic ring is 1. The van der Waals surface area contributed by atoms with Crippen molar-refractivity contribution in [2.45, 2.75) is 15.5 Å². The Labute approximate surface area is 114 Å². The van der Waals surface area contributed by atoms with Gasteiger partial charge in [0, 0.05) is 28.0 Å². The third-order valence-electron chi connectivity index (χ3n) is 2.20. The Bertz CT molecular complexity index is 633. The van der Waals surface area contributed by atoms with Crippen molar-refractivity contribution in [1.82, 2.24) is 4.98 Å². The summed E-state index contributed by atoms with van der Waals surface area (Å²) in [6.45, 7) is 0. The molecule has 1 heterocycles. The summed E-state index contributed by atoms with van der Waals surface area (Å²) in [5.74, 6) is 0.785. The molecule has 2 N–H and O–H groups in total. The van der Waals surface area contributed by atoms with Crippen LogP contribution in [0.4, 0.5) is 5.13 Å². The molecule has 2 aromatic rings. The average Bonchev–Trinajstić information content (AvgIpc) is 2.72. The number of rotatable bonds is 4. The van der Waals surface area contributed by atoms with Gasteiger partial charge in [-0.25, -0.2) is 13.4 Å². The van der Waals surface area contributed by atoms with Gasteiger partial charge in [0.05, 0.1) is 4.90 Å². The molecule has 0 radical (unpaired) electrons. The number of hydrogen-bond acceptors (Lipinski definition) is 6. The largest absolute Gasteiger partial charge is 0.375 e. The van der Waals surface area contributed by atoms with E-state index in [0.717, 1.165) is 15.5 Å². The predicted molar refractivity (Wildman–Crippen MR) is 75.6 cm³/mol. The molecular weight excluding hydrogens is 288 g/mol. The summed E-state index contributed by atoms with van der Waals surface area (Å²) in [7, 11) is -3.12. The number of nitrogens with two attached hydrogens (primary N) is 1. The maximum Gasteiger partial charge on any atom is 0.180 e. The fourth-order valence-corrected chi connectivity index (χ4v) is 3.56. The lowest BCUT2D eigenvalue weighted by molar-refractivity contribution is 0.602. The van der Waals surface area contributed by atoms with E-state index in [2.05, 4.69) is 4.98 Å². The standard InChI is InChI=1S/C11H12N2O2S3/c1-18(14,15)10-4-2-8(3-5-10)16-7-9-6-13-11(12)17-9/h2-6H,7H2,1H3,(H2,12,13). The lowest BCUT2D eigenvalue weighted by Crippen LogP contribution is -1.95. The van der Waals surface area contributed by atoms with E-state index in [1.807, 2.05) is 12.1 Å². The molecule has 0 amide bonds. The number of nitrogens with zero attached hydrogens (tertiary/aromatic N) is 1. The zero-order valence-electron chi connectivity index (χ0n) is 9.66. The van der Waals surface area contributed by atoms with Crippen LogP contribution in [0.2, 0.25) is 0 Å². The molecule has 4 nitrogen and oxygen atoms in total. The van der Waals surface area contributed by atoms with Crippen LogP contribution in [0.25, 0.3) is 0 Å². The quantitative estimate of drug-likeness (QED) is 0.878. The first-order valence-electron chi connectivity index (χ1n) is 5.08. The first-order chi connectivity index (χ1) is 8.45. The van der Waals surface area contributed by atoms with Gasteiger partial charge in [-0.15, -0.1) is 23.1 Å². The number of thioether (sulfide) groups is 1. The van der Waals surface area contributed by atoms with Gasteiger partial charge >= 0.3 is 0 Å². The molecule has 0 fully saturated rings. The molecule has 0 atom stereocenters. The van der Waals surface area contributed by atoms with Crippen molar-refractivity contribution in [3.05, 3.63) is 35.3 Å². The second-order valence-corrected chi connectivity index (χ2v) is 7.91. The van der Waals surface area contributed by atoms with E-state index in [9.17, 15) is 8.42 Å². The number of benzene rings is 1. The van der Waals surface area contributed by atoms with Crippen LogP contribution in [0.5, 0.6) is 0 Å². The van der Waals surface area contributed by atoms with E-state index >= 15 is 0 Å². The van der Waals surface area contributed by atoms with Crippen LogP contribution < -0.4 is 5.73 Å². The lowest BCUT2D eigenvalue weighted by atomic mass is 10.4. The van der Waals surface area contributed by atoms with E-state index in [0.29, 0.717) is 10.0 Å². The number of anilines is 1. The molecule has 0 aliphatic heterocycles. The predicted octanol–water partition coefficient (Wildman–Crippen LogP) is 2.42. The highest BCUT2D eigenvalue weighted by atomic mass is 32.2. The van der Waals surface area contributed by atoms with Crippen LogP contribution in [0.1, 0.15) is 4.88 Å². The van der Waals surface area contributed by atoms with Gasteiger partial charge in [-0.05, 0) is 24.3 Å². The summed E-state index contributed by atoms with van der Waals surface area (Å²) in [4.78, 5) is 6.44. The minimum Gasteiger partial charge on any atom is -0.375 e. The highest BCUT2D eigenvalue weighted by molar-refractivity contribution is 7.98. The van der Waals surface area contributed by atoms with E-state index in [-0.39, 0.29) is 0 Å². The molecular formula is C11H12N2O2S3. The van der Waals surface area contributed by atoms with Gasteiger partial charge in [0.15, 0.2) is 15.0 Å². The Morgan fingerprint density at radius 2 is 2.00 bits per heavy atom. The maximum atomic E-state index is 11.3. The van der Waals surface area contributed by atoms with Gasteiger partial charge in [-0.2, -0.15) is 0 Å². The topological polar surface area (TPSA) is 73.0 Å². The minimum atomic E-state index is -3.12. The number of hydrogen-bond donors (Lipinski definition) is 1. The summed E-state index contributed by atoms with van der Waals surface area (Å²) in [5.41, 5.74) is 5.55. The van der Waals surface area contributed by atoms with Crippen LogP contribution >= 0.6 is 23.1 Å². The average molecular weight is 300 g/mol. The molecule has 96 valence electrons. The highest BCUT2D eigenvalue weighted by Crippen LogP contribution is 2.27. The molecule has 0 aliphatic rings. The summed E-state index contributed by atoms with van der Waals surface area (Å²) in [5, 5.41) is 0.568. The van der Waals surface area contributed by atoms with Gasteiger partial charge in [0.1, 0.15) is 0 Å². The Hall–Kier alpha value is -1.05. The first kappa shape index (κ1) is 13.4. The normalized spacial score (nSPS) is 11.6. The van der Waals surface area contributed by atoms with Gasteiger partial charge < -0.3 is 5.73 Å². The van der Waals surface area contributed by atoms with Gasteiger partial charge in [-0.3, -0.25) is 0 Å². The van der Waals surface area contributed by atoms with Crippen LogP contribution in [0.15, 0.2) is 40.3 Å². The van der Waals surface area contributed by atoms with E-state index in [1.165, 1.54) is 17.6 Å². The molecule has 0 aliphatic carbocycles. The second-order valence-electron chi connectivity index (χ2n) is 3.70. The minimum absolute atomic E-state index is 0.342. The highest BCUT2D eigenvalue weighted by Gasteiger charge is 2.06. The zero-order valence-corrected chi connectivity index (χ0v) is 12.1. The SMILES string of the molecule is CS(=O)(=O)c1ccc(SCc2cnc(N)s2)cc1. The zero-order chi connectivity index (χ0) is 13.2. The van der Waals surface area contributed by atoms with E-state index in [1.54, 1.807) is 30.1 Å². The Morgan fingerprint density at radius 3 is 2.50 bits per heavy atom. The number of aromatic nitrogens is 1. The smallest absolute Gasteiger partial charge is 0.180 e. The monoisotopic (exact) mass is 300 g/mol. The molecule has 0 saturated carbocycles. The third-order valence-corrected chi connectivity index (χ3v) is 5.40. The van der Waals surface area contributed by atoms with Crippen molar-refractivity contribution in [3.8, 4) is 0 Å². The van der Waals surface area contributed by atoms with Gasteiger partial charge in [-0.1, -0.05) is 0 Å². The summed E-state index contributed by atoms with van der Waals surface area (Å²) in [6.07, 6.45) is 2.97. The van der Waals surface area contributed by atoms with Crippen molar-refractivity contribution in [1.29, 1.82) is 0 Å². The molecule has 1 aromatic carbocycles. The summed E-state index contributed by atoms with van der Waals surface area (Å²) < 4.78 is 22.6. The molecule has 0 bridgehead atoms. The Morgan fingerprint density at radius 1 is 1.33 bits per heavy atom. The first-order valence-corrected chi connectivity index (χ1v) is 8.77. The van der Waals surface area contributed by atoms with Crippen LogP contribution in [-0.4, -0.2) is 19.7 Å². The molecule has 0 unspecified atom stereocenters.